The third-order valence-electron chi connectivity index (χ3n) is 2.06. The van der Waals surface area contributed by atoms with Crippen molar-refractivity contribution in [2.45, 2.75) is 24.4 Å². The van der Waals surface area contributed by atoms with Gasteiger partial charge in [-0.25, -0.2) is 0 Å². The van der Waals surface area contributed by atoms with Crippen LogP contribution in [0.15, 0.2) is 12.2 Å². The number of methoxy groups -OCH3 is 2. The summed E-state index contributed by atoms with van der Waals surface area (Å²) in [5, 5.41) is 18.9. The molecule has 0 spiro atoms. The Morgan fingerprint density at radius 2 is 1.25 bits per heavy atom. The van der Waals surface area contributed by atoms with E-state index in [-0.39, 0.29) is 0 Å². The predicted octanol–water partition coefficient (Wildman–Crippen LogP) is -0.692. The summed E-state index contributed by atoms with van der Waals surface area (Å²) in [5.74, 6) is 0. The molecule has 12 heavy (non-hydrogen) atoms. The molecule has 70 valence electrons. The number of aliphatic hydroxyl groups is 2. The van der Waals surface area contributed by atoms with E-state index in [9.17, 15) is 10.2 Å². The second-order valence-electron chi connectivity index (χ2n) is 2.77. The van der Waals surface area contributed by atoms with Gasteiger partial charge < -0.3 is 19.7 Å². The second-order valence-corrected chi connectivity index (χ2v) is 2.77. The summed E-state index contributed by atoms with van der Waals surface area (Å²) in [7, 11) is 2.97. The lowest BCUT2D eigenvalue weighted by Crippen LogP contribution is -2.47. The Labute approximate surface area is 71.4 Å². The van der Waals surface area contributed by atoms with Crippen molar-refractivity contribution in [3.05, 3.63) is 12.2 Å². The molecular formula is C8H14O4. The third-order valence-corrected chi connectivity index (χ3v) is 2.06. The normalized spacial score (nSPS) is 41.7. The third kappa shape index (κ3) is 1.67. The van der Waals surface area contributed by atoms with Crippen LogP contribution in [0.5, 0.6) is 0 Å². The van der Waals surface area contributed by atoms with E-state index < -0.39 is 24.4 Å². The molecule has 0 aromatic carbocycles. The van der Waals surface area contributed by atoms with Crippen molar-refractivity contribution in [1.82, 2.24) is 0 Å². The van der Waals surface area contributed by atoms with Crippen molar-refractivity contribution < 1.29 is 19.7 Å². The molecule has 0 fully saturated rings. The number of ether oxygens (including phenoxy) is 2. The molecule has 0 amide bonds. The first-order valence-corrected chi connectivity index (χ1v) is 3.80. The van der Waals surface area contributed by atoms with E-state index in [1.807, 2.05) is 0 Å². The standard InChI is InChI=1S/C8H14O4/c1-11-5-3-4-6(12-2)8(10)7(5)9/h3-10H,1-2H3/t5-,6-,7-,8+/m1/s1. The number of hydrogen-bond donors (Lipinski definition) is 2. The molecular weight excluding hydrogens is 160 g/mol. The summed E-state index contributed by atoms with van der Waals surface area (Å²) in [5.41, 5.74) is 0. The largest absolute Gasteiger partial charge is 0.387 e. The maximum Gasteiger partial charge on any atom is 0.112 e. The fraction of sp³-hybridized carbons (Fsp3) is 0.750. The van der Waals surface area contributed by atoms with Gasteiger partial charge in [-0.05, 0) is 0 Å². The summed E-state index contributed by atoms with van der Waals surface area (Å²) in [6.45, 7) is 0. The molecule has 0 aliphatic heterocycles. The molecule has 0 heterocycles. The van der Waals surface area contributed by atoms with Crippen LogP contribution in [-0.2, 0) is 9.47 Å². The lowest BCUT2D eigenvalue weighted by atomic mass is 9.96. The topological polar surface area (TPSA) is 58.9 Å². The Balaban J connectivity index is 2.68. The Hall–Kier alpha value is -0.420. The molecule has 4 atom stereocenters. The quantitative estimate of drug-likeness (QED) is 0.544. The molecule has 1 rings (SSSR count). The zero-order valence-electron chi connectivity index (χ0n) is 7.18. The molecule has 1 aliphatic rings. The molecule has 0 unspecified atom stereocenters. The van der Waals surface area contributed by atoms with E-state index in [0.29, 0.717) is 0 Å². The molecule has 0 aromatic rings. The second kappa shape index (κ2) is 4.00. The first kappa shape index (κ1) is 9.67. The summed E-state index contributed by atoms with van der Waals surface area (Å²) in [6, 6.07) is 0. The minimum atomic E-state index is -0.912. The van der Waals surface area contributed by atoms with Crippen LogP contribution in [0.1, 0.15) is 0 Å². The molecule has 0 saturated heterocycles. The Bertz CT molecular complexity index is 150. The lowest BCUT2D eigenvalue weighted by Gasteiger charge is -2.31. The monoisotopic (exact) mass is 174 g/mol. The van der Waals surface area contributed by atoms with Crippen molar-refractivity contribution in [3.63, 3.8) is 0 Å². The van der Waals surface area contributed by atoms with Gasteiger partial charge in [-0.3, -0.25) is 0 Å². The first-order valence-electron chi connectivity index (χ1n) is 3.80. The molecule has 4 nitrogen and oxygen atoms in total. The maximum atomic E-state index is 9.43. The van der Waals surface area contributed by atoms with E-state index >= 15 is 0 Å². The van der Waals surface area contributed by atoms with Crippen molar-refractivity contribution in [3.8, 4) is 0 Å². The van der Waals surface area contributed by atoms with Crippen LogP contribution in [0.2, 0.25) is 0 Å². The highest BCUT2D eigenvalue weighted by Gasteiger charge is 2.33. The SMILES string of the molecule is CO[C@@H]1C=C[C@@H](OC)[C@@H](O)[C@H]1O. The van der Waals surface area contributed by atoms with E-state index in [2.05, 4.69) is 0 Å². The highest BCUT2D eigenvalue weighted by molar-refractivity contribution is 5.08. The van der Waals surface area contributed by atoms with Crippen LogP contribution in [0.25, 0.3) is 0 Å². The molecule has 4 heteroatoms. The average Bonchev–Trinajstić information content (AvgIpc) is 2.10. The summed E-state index contributed by atoms with van der Waals surface area (Å²) in [6.07, 6.45) is 0.671. The zero-order chi connectivity index (χ0) is 9.14. The number of hydrogen-bond acceptors (Lipinski definition) is 4. The average molecular weight is 174 g/mol. The lowest BCUT2D eigenvalue weighted by molar-refractivity contribution is -0.106. The van der Waals surface area contributed by atoms with Crippen molar-refractivity contribution >= 4 is 0 Å². The van der Waals surface area contributed by atoms with Gasteiger partial charge in [0.2, 0.25) is 0 Å². The van der Waals surface area contributed by atoms with Gasteiger partial charge in [-0.15, -0.1) is 0 Å². The van der Waals surface area contributed by atoms with Crippen molar-refractivity contribution in [2.24, 2.45) is 0 Å². The van der Waals surface area contributed by atoms with Crippen LogP contribution in [0.3, 0.4) is 0 Å². The fourth-order valence-electron chi connectivity index (χ4n) is 1.27. The molecule has 1 aliphatic carbocycles. The van der Waals surface area contributed by atoms with E-state index in [1.165, 1.54) is 14.2 Å². The van der Waals surface area contributed by atoms with Gasteiger partial charge in [-0.1, -0.05) is 12.2 Å². The highest BCUT2D eigenvalue weighted by atomic mass is 16.5. The first-order chi connectivity index (χ1) is 5.70. The van der Waals surface area contributed by atoms with E-state index in [4.69, 9.17) is 9.47 Å². The molecule has 0 radical (unpaired) electrons. The fourth-order valence-corrected chi connectivity index (χ4v) is 1.27. The Morgan fingerprint density at radius 3 is 1.50 bits per heavy atom. The number of rotatable bonds is 2. The maximum absolute atomic E-state index is 9.43. The Kier molecular flexibility index (Phi) is 3.22. The van der Waals surface area contributed by atoms with Gasteiger partial charge in [0, 0.05) is 14.2 Å². The zero-order valence-corrected chi connectivity index (χ0v) is 7.18. The van der Waals surface area contributed by atoms with Gasteiger partial charge in [-0.2, -0.15) is 0 Å². The summed E-state index contributed by atoms with van der Waals surface area (Å²) >= 11 is 0. The highest BCUT2D eigenvalue weighted by Crippen LogP contribution is 2.17. The minimum absolute atomic E-state index is 0.439. The summed E-state index contributed by atoms with van der Waals surface area (Å²) in [4.78, 5) is 0. The van der Waals surface area contributed by atoms with Gasteiger partial charge in [0.05, 0.1) is 0 Å². The van der Waals surface area contributed by atoms with Crippen LogP contribution in [-0.4, -0.2) is 48.8 Å². The molecule has 2 N–H and O–H groups in total. The summed E-state index contributed by atoms with van der Waals surface area (Å²) < 4.78 is 9.83. The van der Waals surface area contributed by atoms with Crippen LogP contribution in [0.4, 0.5) is 0 Å². The van der Waals surface area contributed by atoms with Gasteiger partial charge in [0.1, 0.15) is 24.4 Å². The van der Waals surface area contributed by atoms with E-state index in [0.717, 1.165) is 0 Å². The van der Waals surface area contributed by atoms with Gasteiger partial charge in [0.15, 0.2) is 0 Å². The minimum Gasteiger partial charge on any atom is -0.387 e. The van der Waals surface area contributed by atoms with Crippen LogP contribution in [0, 0.1) is 0 Å². The number of aliphatic hydroxyl groups excluding tert-OH is 2. The van der Waals surface area contributed by atoms with Crippen LogP contribution >= 0.6 is 0 Å². The molecule has 0 bridgehead atoms. The van der Waals surface area contributed by atoms with Crippen LogP contribution < -0.4 is 0 Å². The Morgan fingerprint density at radius 1 is 0.917 bits per heavy atom. The van der Waals surface area contributed by atoms with E-state index in [1.54, 1.807) is 12.2 Å². The van der Waals surface area contributed by atoms with Gasteiger partial charge in [0.25, 0.3) is 0 Å². The van der Waals surface area contributed by atoms with Crippen molar-refractivity contribution in [2.75, 3.05) is 14.2 Å². The van der Waals surface area contributed by atoms with Gasteiger partial charge >= 0.3 is 0 Å². The predicted molar refractivity (Wildman–Crippen MR) is 42.7 cm³/mol. The smallest absolute Gasteiger partial charge is 0.112 e. The molecule has 0 aromatic heterocycles. The molecule has 0 saturated carbocycles. The van der Waals surface area contributed by atoms with Crippen molar-refractivity contribution in [1.29, 1.82) is 0 Å².